The van der Waals surface area contributed by atoms with Crippen molar-refractivity contribution in [2.45, 2.75) is 43.7 Å². The van der Waals surface area contributed by atoms with Crippen LogP contribution in [0.5, 0.6) is 5.75 Å². The summed E-state index contributed by atoms with van der Waals surface area (Å²) in [6.45, 7) is 2.81. The summed E-state index contributed by atoms with van der Waals surface area (Å²) in [5.41, 5.74) is 7.31. The van der Waals surface area contributed by atoms with Gasteiger partial charge in [0.25, 0.3) is 5.91 Å². The van der Waals surface area contributed by atoms with Crippen molar-refractivity contribution >= 4 is 29.4 Å². The van der Waals surface area contributed by atoms with Gasteiger partial charge in [-0.25, -0.2) is 9.59 Å². The number of nitrogens with two attached hydrogens (primary N) is 1. The van der Waals surface area contributed by atoms with Crippen LogP contribution in [0.25, 0.3) is 0 Å². The molecule has 1 fully saturated rings. The number of hydrogen-bond donors (Lipinski definition) is 4. The molecule has 1 atom stereocenters. The molecule has 0 spiro atoms. The number of amides is 2. The molecule has 0 radical (unpaired) electrons. The minimum absolute atomic E-state index is 0.0672. The number of piperidine rings is 1. The lowest BCUT2D eigenvalue weighted by molar-refractivity contribution is -0.193. The van der Waals surface area contributed by atoms with Gasteiger partial charge in [0.15, 0.2) is 0 Å². The molecule has 1 saturated heterocycles. The number of carboxylic acid groups (broad SMARTS) is 2. The number of nitrogens with one attached hydrogen (secondary N) is 1. The van der Waals surface area contributed by atoms with E-state index >= 15 is 0 Å². The largest absolute Gasteiger partial charge is 0.490 e. The summed E-state index contributed by atoms with van der Waals surface area (Å²) in [6, 6.07) is 5.50. The quantitative estimate of drug-likeness (QED) is 0.273. The number of methoxy groups -OCH3 is 1. The second-order valence-corrected chi connectivity index (χ2v) is 9.04. The van der Waals surface area contributed by atoms with E-state index in [4.69, 9.17) is 35.0 Å². The zero-order valence-electron chi connectivity index (χ0n) is 22.6. The monoisotopic (exact) mass is 618 g/mol. The molecule has 0 aromatic heterocycles. The third-order valence-corrected chi connectivity index (χ3v) is 5.96. The molecule has 0 aliphatic carbocycles. The molecule has 42 heavy (non-hydrogen) atoms. The van der Waals surface area contributed by atoms with Crippen molar-refractivity contribution in [1.82, 2.24) is 10.2 Å². The van der Waals surface area contributed by atoms with Crippen LogP contribution >= 0.6 is 0 Å². The van der Waals surface area contributed by atoms with Crippen molar-refractivity contribution in [2.75, 3.05) is 51.9 Å². The van der Waals surface area contributed by atoms with E-state index in [9.17, 15) is 35.9 Å². The molecule has 18 heteroatoms. The summed E-state index contributed by atoms with van der Waals surface area (Å²) in [5, 5.41) is 17.1. The number of halogens is 6. The molecule has 12 nitrogen and oxygen atoms in total. The van der Waals surface area contributed by atoms with Crippen molar-refractivity contribution in [3.63, 3.8) is 0 Å². The van der Waals surface area contributed by atoms with Crippen LogP contribution in [0.3, 0.4) is 0 Å². The van der Waals surface area contributed by atoms with Crippen LogP contribution in [-0.2, 0) is 19.1 Å². The molecular formula is C24H32F6N4O8. The predicted octanol–water partition coefficient (Wildman–Crippen LogP) is 1.87. The highest BCUT2D eigenvalue weighted by Gasteiger charge is 2.39. The lowest BCUT2D eigenvalue weighted by atomic mass is 10.0. The van der Waals surface area contributed by atoms with E-state index in [0.29, 0.717) is 31.7 Å². The van der Waals surface area contributed by atoms with Gasteiger partial charge in [0, 0.05) is 45.4 Å². The highest BCUT2D eigenvalue weighted by molar-refractivity contribution is 5.95. The zero-order valence-corrected chi connectivity index (χ0v) is 22.6. The van der Waals surface area contributed by atoms with E-state index in [1.54, 1.807) is 19.2 Å². The topological polar surface area (TPSA) is 172 Å². The minimum Gasteiger partial charge on any atom is -0.489 e. The molecule has 2 amide bonds. The number of likely N-dealkylation sites (tertiary alicyclic amines) is 1. The molecule has 2 aliphatic heterocycles. The first-order valence-electron chi connectivity index (χ1n) is 12.3. The van der Waals surface area contributed by atoms with E-state index in [1.165, 1.54) is 0 Å². The number of ether oxygens (including phenoxy) is 2. The highest BCUT2D eigenvalue weighted by Crippen LogP contribution is 2.34. The Morgan fingerprint density at radius 1 is 1.05 bits per heavy atom. The second kappa shape index (κ2) is 16.0. The molecule has 2 aliphatic rings. The fourth-order valence-electron chi connectivity index (χ4n) is 3.59. The summed E-state index contributed by atoms with van der Waals surface area (Å²) in [5.74, 6) is -4.82. The number of fused-ring (bicyclic) bond motifs is 1. The highest BCUT2D eigenvalue weighted by atomic mass is 19.4. The van der Waals surface area contributed by atoms with Gasteiger partial charge in [-0.1, -0.05) is 0 Å². The van der Waals surface area contributed by atoms with Gasteiger partial charge in [-0.2, -0.15) is 26.3 Å². The standard InChI is InChI=1S/C20H30N4O4.2C2HF3O2/c1-23-16(12-19(25)24-8-5-15(21)6-9-24)13-28-18-4-3-14(11-17(18)23)20(26)22-7-10-27-2;2*3-2(4,5)1(6)7/h3-4,11,15-16H,5-10,12-13,21H2,1-2H3,(H,22,26);2*(H,6,7). The number of alkyl halides is 6. The van der Waals surface area contributed by atoms with Crippen LogP contribution in [0.15, 0.2) is 18.2 Å². The number of carboxylic acids is 2. The Labute approximate surface area is 236 Å². The van der Waals surface area contributed by atoms with Gasteiger partial charge < -0.3 is 40.5 Å². The van der Waals surface area contributed by atoms with Crippen molar-refractivity contribution in [3.05, 3.63) is 23.8 Å². The maximum atomic E-state index is 12.7. The molecule has 5 N–H and O–H groups in total. The van der Waals surface area contributed by atoms with Crippen LogP contribution in [0, 0.1) is 0 Å². The lowest BCUT2D eigenvalue weighted by Gasteiger charge is -2.37. The molecule has 238 valence electrons. The predicted molar refractivity (Wildman–Crippen MR) is 134 cm³/mol. The van der Waals surface area contributed by atoms with Crippen molar-refractivity contribution in [2.24, 2.45) is 5.73 Å². The third-order valence-electron chi connectivity index (χ3n) is 5.96. The van der Waals surface area contributed by atoms with E-state index in [0.717, 1.165) is 37.4 Å². The Balaban J connectivity index is 0.000000522. The maximum absolute atomic E-state index is 12.7. The first-order valence-corrected chi connectivity index (χ1v) is 12.3. The van der Waals surface area contributed by atoms with E-state index in [-0.39, 0.29) is 23.9 Å². The van der Waals surface area contributed by atoms with Gasteiger partial charge in [-0.3, -0.25) is 9.59 Å². The number of carbonyl (C=O) groups excluding carboxylic acids is 2. The third kappa shape index (κ3) is 12.0. The van der Waals surface area contributed by atoms with E-state index < -0.39 is 24.3 Å². The first kappa shape index (κ1) is 36.2. The van der Waals surface area contributed by atoms with Gasteiger partial charge in [0.05, 0.1) is 24.8 Å². The zero-order chi connectivity index (χ0) is 32.3. The van der Waals surface area contributed by atoms with Gasteiger partial charge in [0.2, 0.25) is 5.91 Å². The second-order valence-electron chi connectivity index (χ2n) is 9.04. The van der Waals surface area contributed by atoms with Gasteiger partial charge in [-0.15, -0.1) is 0 Å². The van der Waals surface area contributed by atoms with Crippen molar-refractivity contribution < 1.29 is 65.2 Å². The summed E-state index contributed by atoms with van der Waals surface area (Å²) >= 11 is 0. The Bertz CT molecular complexity index is 1050. The first-order chi connectivity index (χ1) is 19.4. The molecule has 2 heterocycles. The summed E-state index contributed by atoms with van der Waals surface area (Å²) in [7, 11) is 3.54. The average Bonchev–Trinajstić information content (AvgIpc) is 2.90. The number of aliphatic carboxylic acids is 2. The van der Waals surface area contributed by atoms with Crippen molar-refractivity contribution in [3.8, 4) is 5.75 Å². The van der Waals surface area contributed by atoms with Crippen LogP contribution in [-0.4, -0.2) is 110 Å². The van der Waals surface area contributed by atoms with E-state index in [2.05, 4.69) is 5.32 Å². The number of carbonyl (C=O) groups is 4. The average molecular weight is 619 g/mol. The molecule has 1 unspecified atom stereocenters. The number of rotatable bonds is 6. The molecule has 1 aromatic carbocycles. The number of hydrogen-bond acceptors (Lipinski definition) is 8. The Kier molecular flexibility index (Phi) is 13.8. The van der Waals surface area contributed by atoms with Gasteiger partial charge in [0.1, 0.15) is 12.4 Å². The molecule has 3 rings (SSSR count). The Morgan fingerprint density at radius 3 is 2.05 bits per heavy atom. The SMILES string of the molecule is COCCNC(=O)c1ccc2c(c1)N(C)C(CC(=O)N1CCC(N)CC1)CO2.O=C(O)C(F)(F)F.O=C(O)C(F)(F)F. The smallest absolute Gasteiger partial charge is 0.489 e. The number of benzene rings is 1. The fraction of sp³-hybridized carbons (Fsp3) is 0.583. The Hall–Kier alpha value is -3.80. The van der Waals surface area contributed by atoms with E-state index in [1.807, 2.05) is 22.9 Å². The normalized spacial score (nSPS) is 16.9. The number of likely N-dealkylation sites (N-methyl/N-ethyl adjacent to an activating group) is 1. The lowest BCUT2D eigenvalue weighted by Crippen LogP contribution is -2.47. The summed E-state index contributed by atoms with van der Waals surface area (Å²) in [4.78, 5) is 46.7. The summed E-state index contributed by atoms with van der Waals surface area (Å²) < 4.78 is 74.3. The van der Waals surface area contributed by atoms with Gasteiger partial charge in [-0.05, 0) is 31.0 Å². The van der Waals surface area contributed by atoms with Gasteiger partial charge >= 0.3 is 24.3 Å². The molecule has 1 aromatic rings. The van der Waals surface area contributed by atoms with Crippen LogP contribution < -0.4 is 20.7 Å². The van der Waals surface area contributed by atoms with Crippen molar-refractivity contribution in [1.29, 1.82) is 0 Å². The minimum atomic E-state index is -5.08. The number of anilines is 1. The molecular weight excluding hydrogens is 586 g/mol. The summed E-state index contributed by atoms with van der Waals surface area (Å²) in [6.07, 6.45) is -8.07. The Morgan fingerprint density at radius 2 is 1.57 bits per heavy atom. The van der Waals surface area contributed by atoms with Crippen LogP contribution in [0.4, 0.5) is 32.0 Å². The van der Waals surface area contributed by atoms with Crippen LogP contribution in [0.2, 0.25) is 0 Å². The molecule has 0 bridgehead atoms. The molecule has 0 saturated carbocycles. The van der Waals surface area contributed by atoms with Crippen LogP contribution in [0.1, 0.15) is 29.6 Å². The fourth-order valence-corrected chi connectivity index (χ4v) is 3.59. The maximum Gasteiger partial charge on any atom is 0.490 e. The number of nitrogens with zero attached hydrogens (tertiary/aromatic N) is 2.